The predicted molar refractivity (Wildman–Crippen MR) is 85.4 cm³/mol. The third-order valence-electron chi connectivity index (χ3n) is 3.43. The lowest BCUT2D eigenvalue weighted by Crippen LogP contribution is -2.35. The van der Waals surface area contributed by atoms with E-state index in [0.29, 0.717) is 0 Å². The first kappa shape index (κ1) is 17.8. The molecular weight excluding hydrogens is 333 g/mol. The second kappa shape index (κ2) is 7.38. The average Bonchev–Trinajstić information content (AvgIpc) is 2.57. The molecule has 0 aliphatic carbocycles. The SMILES string of the molecule is CC(CC#N)N(C)S(=O)(=O)c1cccnc1Oc1ccc(F)cc1. The Kier molecular flexibility index (Phi) is 5.49. The molecule has 0 saturated heterocycles. The van der Waals surface area contributed by atoms with E-state index in [4.69, 9.17) is 10.00 Å². The van der Waals surface area contributed by atoms with Crippen LogP contribution in [0.4, 0.5) is 4.39 Å². The lowest BCUT2D eigenvalue weighted by atomic mass is 10.3. The normalized spacial score (nSPS) is 12.6. The van der Waals surface area contributed by atoms with E-state index in [1.165, 1.54) is 49.6 Å². The highest BCUT2D eigenvalue weighted by Gasteiger charge is 2.29. The quantitative estimate of drug-likeness (QED) is 0.801. The van der Waals surface area contributed by atoms with Crippen LogP contribution in [0.2, 0.25) is 0 Å². The topological polar surface area (TPSA) is 83.3 Å². The monoisotopic (exact) mass is 349 g/mol. The third kappa shape index (κ3) is 3.88. The number of nitrogens with zero attached hydrogens (tertiary/aromatic N) is 3. The number of rotatable bonds is 6. The van der Waals surface area contributed by atoms with Crippen molar-refractivity contribution in [3.05, 3.63) is 48.4 Å². The zero-order valence-corrected chi connectivity index (χ0v) is 14.0. The van der Waals surface area contributed by atoms with Crippen molar-refractivity contribution in [1.29, 1.82) is 5.26 Å². The summed E-state index contributed by atoms with van der Waals surface area (Å²) in [5.74, 6) is -0.277. The summed E-state index contributed by atoms with van der Waals surface area (Å²) < 4.78 is 45.1. The Hall–Kier alpha value is -2.50. The first-order valence-corrected chi connectivity index (χ1v) is 8.53. The van der Waals surface area contributed by atoms with Gasteiger partial charge in [0.2, 0.25) is 15.9 Å². The Labute approximate surface area is 140 Å². The molecule has 2 rings (SSSR count). The number of sulfonamides is 1. The van der Waals surface area contributed by atoms with E-state index in [1.807, 2.05) is 6.07 Å². The standard InChI is InChI=1S/C16H16FN3O3S/c1-12(9-10-18)20(2)24(21,22)15-4-3-11-19-16(15)23-14-7-5-13(17)6-8-14/h3-8,11-12H,9H2,1-2H3. The molecule has 0 saturated carbocycles. The minimum absolute atomic E-state index is 0.0597. The summed E-state index contributed by atoms with van der Waals surface area (Å²) >= 11 is 0. The molecule has 0 spiro atoms. The Morgan fingerprint density at radius 3 is 2.62 bits per heavy atom. The first-order valence-electron chi connectivity index (χ1n) is 7.09. The molecule has 0 aliphatic rings. The number of hydrogen-bond donors (Lipinski definition) is 0. The maximum Gasteiger partial charge on any atom is 0.248 e. The lowest BCUT2D eigenvalue weighted by Gasteiger charge is -2.23. The molecule has 0 radical (unpaired) electrons. The van der Waals surface area contributed by atoms with Gasteiger partial charge in [-0.1, -0.05) is 0 Å². The number of hydrogen-bond acceptors (Lipinski definition) is 5. The van der Waals surface area contributed by atoms with Crippen molar-refractivity contribution in [1.82, 2.24) is 9.29 Å². The predicted octanol–water partition coefficient (Wildman–Crippen LogP) is 2.94. The summed E-state index contributed by atoms with van der Waals surface area (Å²) in [5.41, 5.74) is 0. The molecule has 1 unspecified atom stereocenters. The van der Waals surface area contributed by atoms with E-state index < -0.39 is 21.9 Å². The fraction of sp³-hybridized carbons (Fsp3) is 0.250. The van der Waals surface area contributed by atoms with Crippen LogP contribution in [0, 0.1) is 17.1 Å². The Morgan fingerprint density at radius 1 is 1.33 bits per heavy atom. The van der Waals surface area contributed by atoms with Crippen LogP contribution < -0.4 is 4.74 Å². The van der Waals surface area contributed by atoms with Gasteiger partial charge in [0.25, 0.3) is 0 Å². The van der Waals surface area contributed by atoms with Crippen molar-refractivity contribution in [2.24, 2.45) is 0 Å². The molecule has 1 atom stereocenters. The van der Waals surface area contributed by atoms with Crippen molar-refractivity contribution in [3.8, 4) is 17.7 Å². The van der Waals surface area contributed by atoms with Crippen LogP contribution in [0.1, 0.15) is 13.3 Å². The maximum absolute atomic E-state index is 13.0. The van der Waals surface area contributed by atoms with Crippen LogP contribution in [0.3, 0.4) is 0 Å². The summed E-state index contributed by atoms with van der Waals surface area (Å²) in [6, 6.07) is 9.45. The van der Waals surface area contributed by atoms with E-state index in [1.54, 1.807) is 6.92 Å². The molecule has 126 valence electrons. The molecule has 0 bridgehead atoms. The highest BCUT2D eigenvalue weighted by Crippen LogP contribution is 2.29. The molecular formula is C16H16FN3O3S. The summed E-state index contributed by atoms with van der Waals surface area (Å²) in [7, 11) is -2.50. The minimum Gasteiger partial charge on any atom is -0.438 e. The number of pyridine rings is 1. The molecule has 0 aliphatic heterocycles. The van der Waals surface area contributed by atoms with E-state index in [0.717, 1.165) is 4.31 Å². The van der Waals surface area contributed by atoms with Crippen LogP contribution in [0.25, 0.3) is 0 Å². The number of aromatic nitrogens is 1. The minimum atomic E-state index is -3.90. The molecule has 0 fully saturated rings. The van der Waals surface area contributed by atoms with Crippen LogP contribution in [-0.2, 0) is 10.0 Å². The smallest absolute Gasteiger partial charge is 0.248 e. The third-order valence-corrected chi connectivity index (χ3v) is 5.41. The molecule has 1 heterocycles. The second-order valence-corrected chi connectivity index (χ2v) is 7.06. The van der Waals surface area contributed by atoms with E-state index in [9.17, 15) is 12.8 Å². The zero-order chi connectivity index (χ0) is 17.7. The van der Waals surface area contributed by atoms with Gasteiger partial charge in [-0.05, 0) is 43.3 Å². The lowest BCUT2D eigenvalue weighted by molar-refractivity contribution is 0.387. The number of halogens is 1. The Bertz CT molecular complexity index is 848. The number of benzene rings is 1. The van der Waals surface area contributed by atoms with Gasteiger partial charge in [-0.15, -0.1) is 0 Å². The second-order valence-electron chi connectivity index (χ2n) is 5.10. The number of ether oxygens (including phenoxy) is 1. The van der Waals surface area contributed by atoms with Crippen molar-refractivity contribution < 1.29 is 17.5 Å². The van der Waals surface area contributed by atoms with Gasteiger partial charge >= 0.3 is 0 Å². The summed E-state index contributed by atoms with van der Waals surface area (Å²) in [5, 5.41) is 8.75. The summed E-state index contributed by atoms with van der Waals surface area (Å²) in [6.07, 6.45) is 1.46. The fourth-order valence-corrected chi connectivity index (χ4v) is 3.34. The molecule has 0 N–H and O–H groups in total. The van der Waals surface area contributed by atoms with Gasteiger partial charge in [-0.25, -0.2) is 17.8 Å². The van der Waals surface area contributed by atoms with Gasteiger partial charge in [0.15, 0.2) is 0 Å². The van der Waals surface area contributed by atoms with Crippen LogP contribution >= 0.6 is 0 Å². The maximum atomic E-state index is 13.0. The van der Waals surface area contributed by atoms with E-state index in [2.05, 4.69) is 4.98 Å². The molecule has 8 heteroatoms. The molecule has 1 aromatic heterocycles. The van der Waals surface area contributed by atoms with Gasteiger partial charge in [-0.3, -0.25) is 0 Å². The van der Waals surface area contributed by atoms with Gasteiger partial charge in [0, 0.05) is 19.3 Å². The van der Waals surface area contributed by atoms with Crippen LogP contribution in [0.5, 0.6) is 11.6 Å². The van der Waals surface area contributed by atoms with E-state index in [-0.39, 0.29) is 22.9 Å². The van der Waals surface area contributed by atoms with Crippen molar-refractivity contribution >= 4 is 10.0 Å². The van der Waals surface area contributed by atoms with Gasteiger partial charge in [-0.2, -0.15) is 9.57 Å². The molecule has 6 nitrogen and oxygen atoms in total. The summed E-state index contributed by atoms with van der Waals surface area (Å²) in [4.78, 5) is 3.84. The van der Waals surface area contributed by atoms with Crippen molar-refractivity contribution in [3.63, 3.8) is 0 Å². The van der Waals surface area contributed by atoms with Gasteiger partial charge < -0.3 is 4.74 Å². The van der Waals surface area contributed by atoms with Gasteiger partial charge in [0.1, 0.15) is 16.5 Å². The Morgan fingerprint density at radius 2 is 2.00 bits per heavy atom. The molecule has 24 heavy (non-hydrogen) atoms. The van der Waals surface area contributed by atoms with Crippen molar-refractivity contribution in [2.45, 2.75) is 24.3 Å². The average molecular weight is 349 g/mol. The highest BCUT2D eigenvalue weighted by molar-refractivity contribution is 7.89. The van der Waals surface area contributed by atoms with Crippen molar-refractivity contribution in [2.75, 3.05) is 7.05 Å². The highest BCUT2D eigenvalue weighted by atomic mass is 32.2. The first-order chi connectivity index (χ1) is 11.4. The van der Waals surface area contributed by atoms with E-state index >= 15 is 0 Å². The fourth-order valence-electron chi connectivity index (χ4n) is 1.92. The van der Waals surface area contributed by atoms with Crippen LogP contribution in [-0.4, -0.2) is 30.8 Å². The Balaban J connectivity index is 2.37. The molecule has 2 aromatic rings. The molecule has 1 aromatic carbocycles. The summed E-state index contributed by atoms with van der Waals surface area (Å²) in [6.45, 7) is 1.64. The largest absolute Gasteiger partial charge is 0.438 e. The van der Waals surface area contributed by atoms with Crippen LogP contribution in [0.15, 0.2) is 47.5 Å². The molecule has 0 amide bonds. The number of nitriles is 1. The van der Waals surface area contributed by atoms with Gasteiger partial charge in [0.05, 0.1) is 12.5 Å². The zero-order valence-electron chi connectivity index (χ0n) is 13.2.